The number of aryl methyl sites for hydroxylation is 1. The summed E-state index contributed by atoms with van der Waals surface area (Å²) in [7, 11) is 0. The monoisotopic (exact) mass is 280 g/mol. The number of para-hydroxylation sites is 1. The molecule has 5 heteroatoms. The van der Waals surface area contributed by atoms with E-state index in [1.807, 2.05) is 24.3 Å². The molecular weight excluding hydrogens is 260 g/mol. The zero-order valence-corrected chi connectivity index (χ0v) is 11.4. The Morgan fingerprint density at radius 3 is 2.80 bits per heavy atom. The highest BCUT2D eigenvalue weighted by molar-refractivity contribution is 5.36. The van der Waals surface area contributed by atoms with Crippen LogP contribution in [0.1, 0.15) is 18.9 Å². The van der Waals surface area contributed by atoms with Crippen LogP contribution in [0.3, 0.4) is 0 Å². The molecule has 2 aliphatic heterocycles. The van der Waals surface area contributed by atoms with E-state index < -0.39 is 24.1 Å². The Hall–Kier alpha value is -1.14. The molecule has 5 nitrogen and oxygen atoms in total. The van der Waals surface area contributed by atoms with Crippen molar-refractivity contribution in [1.82, 2.24) is 0 Å². The molecule has 1 aromatic rings. The third-order valence-electron chi connectivity index (χ3n) is 4.43. The lowest BCUT2D eigenvalue weighted by atomic mass is 9.83. The Kier molecular flexibility index (Phi) is 3.46. The van der Waals surface area contributed by atoms with Crippen LogP contribution >= 0.6 is 0 Å². The van der Waals surface area contributed by atoms with Crippen LogP contribution in [0.5, 0.6) is 5.75 Å². The van der Waals surface area contributed by atoms with Gasteiger partial charge in [0.2, 0.25) is 5.79 Å². The highest BCUT2D eigenvalue weighted by Gasteiger charge is 2.55. The van der Waals surface area contributed by atoms with Gasteiger partial charge in [-0.15, -0.1) is 0 Å². The van der Waals surface area contributed by atoms with Crippen LogP contribution in [0.15, 0.2) is 24.3 Å². The standard InChI is InChI=1S/C15H20O5/c1-9-12(8-16)20-15(14(18)13(9)17)7-6-10-4-2-3-5-11(10)19-15/h2-5,9,12-14,16-18H,6-8H2,1H3. The summed E-state index contributed by atoms with van der Waals surface area (Å²) < 4.78 is 11.7. The molecule has 110 valence electrons. The molecule has 0 saturated carbocycles. The van der Waals surface area contributed by atoms with Crippen LogP contribution in [0.4, 0.5) is 0 Å². The van der Waals surface area contributed by atoms with Crippen molar-refractivity contribution in [3.63, 3.8) is 0 Å². The summed E-state index contributed by atoms with van der Waals surface area (Å²) in [6.45, 7) is 1.54. The Morgan fingerprint density at radius 2 is 2.05 bits per heavy atom. The summed E-state index contributed by atoms with van der Waals surface area (Å²) in [5.41, 5.74) is 1.06. The van der Waals surface area contributed by atoms with E-state index in [1.165, 1.54) is 0 Å². The molecule has 1 spiro atoms. The summed E-state index contributed by atoms with van der Waals surface area (Å²) in [5.74, 6) is -0.953. The maximum absolute atomic E-state index is 10.4. The minimum atomic E-state index is -1.27. The first kappa shape index (κ1) is 13.8. The van der Waals surface area contributed by atoms with Gasteiger partial charge in [-0.3, -0.25) is 0 Å². The molecule has 3 N–H and O–H groups in total. The van der Waals surface area contributed by atoms with E-state index in [4.69, 9.17) is 9.47 Å². The van der Waals surface area contributed by atoms with Gasteiger partial charge in [0.15, 0.2) is 0 Å². The molecule has 1 saturated heterocycles. The van der Waals surface area contributed by atoms with Gasteiger partial charge in [0.1, 0.15) is 11.9 Å². The fourth-order valence-electron chi connectivity index (χ4n) is 3.05. The molecule has 0 amide bonds. The molecule has 2 heterocycles. The molecular formula is C15H20O5. The van der Waals surface area contributed by atoms with Crippen LogP contribution in [0.25, 0.3) is 0 Å². The summed E-state index contributed by atoms with van der Waals surface area (Å²) in [5, 5.41) is 30.0. The van der Waals surface area contributed by atoms with E-state index in [0.717, 1.165) is 5.56 Å². The van der Waals surface area contributed by atoms with Crippen molar-refractivity contribution < 1.29 is 24.8 Å². The van der Waals surface area contributed by atoms with Gasteiger partial charge in [0, 0.05) is 12.3 Å². The van der Waals surface area contributed by atoms with Crippen molar-refractivity contribution in [2.24, 2.45) is 5.92 Å². The minimum absolute atomic E-state index is 0.211. The van der Waals surface area contributed by atoms with Crippen LogP contribution in [-0.2, 0) is 11.2 Å². The number of hydrogen-bond donors (Lipinski definition) is 3. The van der Waals surface area contributed by atoms with Gasteiger partial charge in [0.25, 0.3) is 0 Å². The van der Waals surface area contributed by atoms with E-state index in [-0.39, 0.29) is 12.5 Å². The molecule has 0 radical (unpaired) electrons. The summed E-state index contributed by atoms with van der Waals surface area (Å²) in [6.07, 6.45) is -1.50. The van der Waals surface area contributed by atoms with E-state index in [1.54, 1.807) is 6.92 Å². The van der Waals surface area contributed by atoms with Crippen LogP contribution in [-0.4, -0.2) is 46.0 Å². The molecule has 3 rings (SSSR count). The third-order valence-corrected chi connectivity index (χ3v) is 4.43. The fraction of sp³-hybridized carbons (Fsp3) is 0.600. The van der Waals surface area contributed by atoms with Gasteiger partial charge in [-0.25, -0.2) is 0 Å². The number of fused-ring (bicyclic) bond motifs is 1. The molecule has 0 aliphatic carbocycles. The molecule has 1 fully saturated rings. The average molecular weight is 280 g/mol. The summed E-state index contributed by atoms with van der Waals surface area (Å²) in [6, 6.07) is 7.59. The highest BCUT2D eigenvalue weighted by Crippen LogP contribution is 2.42. The molecule has 20 heavy (non-hydrogen) atoms. The SMILES string of the molecule is CC1C(CO)OC2(CCc3ccccc3O2)C(O)C1O. The van der Waals surface area contributed by atoms with Gasteiger partial charge in [-0.05, 0) is 18.1 Å². The van der Waals surface area contributed by atoms with E-state index >= 15 is 0 Å². The molecule has 5 unspecified atom stereocenters. The van der Waals surface area contributed by atoms with Crippen molar-refractivity contribution in [3.05, 3.63) is 29.8 Å². The first-order chi connectivity index (χ1) is 9.57. The van der Waals surface area contributed by atoms with Crippen molar-refractivity contribution in [1.29, 1.82) is 0 Å². The lowest BCUT2D eigenvalue weighted by Crippen LogP contribution is -2.65. The Labute approximate surface area is 117 Å². The predicted octanol–water partition coefficient (Wildman–Crippen LogP) is 0.457. The van der Waals surface area contributed by atoms with Gasteiger partial charge in [-0.1, -0.05) is 25.1 Å². The second-order valence-electron chi connectivity index (χ2n) is 5.66. The number of rotatable bonds is 1. The van der Waals surface area contributed by atoms with Gasteiger partial charge < -0.3 is 24.8 Å². The van der Waals surface area contributed by atoms with Crippen molar-refractivity contribution in [2.75, 3.05) is 6.61 Å². The normalized spacial score (nSPS) is 40.2. The number of benzene rings is 1. The first-order valence-corrected chi connectivity index (χ1v) is 6.99. The number of aliphatic hydroxyl groups is 3. The van der Waals surface area contributed by atoms with Gasteiger partial charge in [-0.2, -0.15) is 0 Å². The maximum atomic E-state index is 10.4. The second kappa shape index (κ2) is 5.00. The number of ether oxygens (including phenoxy) is 2. The van der Waals surface area contributed by atoms with Crippen molar-refractivity contribution >= 4 is 0 Å². The largest absolute Gasteiger partial charge is 0.459 e. The second-order valence-corrected chi connectivity index (χ2v) is 5.66. The molecule has 2 aliphatic rings. The molecule has 0 aromatic heterocycles. The van der Waals surface area contributed by atoms with Gasteiger partial charge >= 0.3 is 0 Å². The Morgan fingerprint density at radius 1 is 1.30 bits per heavy atom. The lowest BCUT2D eigenvalue weighted by molar-refractivity contribution is -0.332. The van der Waals surface area contributed by atoms with Crippen LogP contribution in [0.2, 0.25) is 0 Å². The Bertz CT molecular complexity index is 489. The average Bonchev–Trinajstić information content (AvgIpc) is 2.49. The highest BCUT2D eigenvalue weighted by atomic mass is 16.7. The zero-order chi connectivity index (χ0) is 14.3. The smallest absolute Gasteiger partial charge is 0.239 e. The topological polar surface area (TPSA) is 79.2 Å². The van der Waals surface area contributed by atoms with E-state index in [2.05, 4.69) is 0 Å². The van der Waals surface area contributed by atoms with E-state index in [9.17, 15) is 15.3 Å². The molecule has 1 aromatic carbocycles. The van der Waals surface area contributed by atoms with Crippen molar-refractivity contribution in [3.8, 4) is 5.75 Å². The summed E-state index contributed by atoms with van der Waals surface area (Å²) >= 11 is 0. The minimum Gasteiger partial charge on any atom is -0.459 e. The third kappa shape index (κ3) is 2.02. The number of aliphatic hydroxyl groups excluding tert-OH is 3. The lowest BCUT2D eigenvalue weighted by Gasteiger charge is -2.50. The van der Waals surface area contributed by atoms with Crippen molar-refractivity contribution in [2.45, 2.75) is 43.9 Å². The first-order valence-electron chi connectivity index (χ1n) is 6.99. The molecule has 5 atom stereocenters. The van der Waals surface area contributed by atoms with Crippen LogP contribution < -0.4 is 4.74 Å². The quantitative estimate of drug-likeness (QED) is 0.696. The maximum Gasteiger partial charge on any atom is 0.239 e. The van der Waals surface area contributed by atoms with Gasteiger partial charge in [0.05, 0.1) is 18.8 Å². The Balaban J connectivity index is 1.92. The number of hydrogen-bond acceptors (Lipinski definition) is 5. The summed E-state index contributed by atoms with van der Waals surface area (Å²) in [4.78, 5) is 0. The zero-order valence-electron chi connectivity index (χ0n) is 11.4. The van der Waals surface area contributed by atoms with Crippen LogP contribution in [0, 0.1) is 5.92 Å². The van der Waals surface area contributed by atoms with E-state index in [0.29, 0.717) is 18.6 Å². The fourth-order valence-corrected chi connectivity index (χ4v) is 3.05. The predicted molar refractivity (Wildman–Crippen MR) is 71.3 cm³/mol. The molecule has 0 bridgehead atoms.